The molecule has 0 saturated heterocycles. The Balaban J connectivity index is 2.44. The minimum Gasteiger partial charge on any atom is -0.481 e. The minimum atomic E-state index is -1.26. The van der Waals surface area contributed by atoms with Crippen LogP contribution in [0.15, 0.2) is 30.5 Å². The summed E-state index contributed by atoms with van der Waals surface area (Å²) >= 11 is 1.44. The lowest BCUT2D eigenvalue weighted by atomic mass is 9.77. The summed E-state index contributed by atoms with van der Waals surface area (Å²) in [6.45, 7) is 1.79. The summed E-state index contributed by atoms with van der Waals surface area (Å²) in [5.74, 6) is -1.42. The van der Waals surface area contributed by atoms with Gasteiger partial charge in [-0.3, -0.25) is 4.79 Å². The second-order valence-corrected chi connectivity index (χ2v) is 5.94. The van der Waals surface area contributed by atoms with E-state index in [-0.39, 0.29) is 13.0 Å². The van der Waals surface area contributed by atoms with Gasteiger partial charge in [0.25, 0.3) is 0 Å². The van der Waals surface area contributed by atoms with Crippen molar-refractivity contribution in [3.63, 3.8) is 0 Å². The number of aromatic nitrogens is 1. The highest BCUT2D eigenvalue weighted by Gasteiger charge is 2.39. The van der Waals surface area contributed by atoms with Crippen molar-refractivity contribution in [2.24, 2.45) is 5.73 Å². The predicted octanol–water partition coefficient (Wildman–Crippen LogP) is 2.11. The quantitative estimate of drug-likeness (QED) is 0.885. The highest BCUT2D eigenvalue weighted by atomic mass is 32.1. The number of carbonyl (C=O) groups is 1. The number of nitrogens with two attached hydrogens (primary N) is 1. The van der Waals surface area contributed by atoms with Crippen molar-refractivity contribution in [1.29, 1.82) is 0 Å². The van der Waals surface area contributed by atoms with Crippen molar-refractivity contribution < 1.29 is 14.3 Å². The summed E-state index contributed by atoms with van der Waals surface area (Å²) < 4.78 is 13.0. The second kappa shape index (κ2) is 5.68. The van der Waals surface area contributed by atoms with Gasteiger partial charge in [0.1, 0.15) is 11.2 Å². The number of aliphatic carboxylic acids is 1. The van der Waals surface area contributed by atoms with Gasteiger partial charge in [0.15, 0.2) is 0 Å². The van der Waals surface area contributed by atoms with Gasteiger partial charge < -0.3 is 10.8 Å². The topological polar surface area (TPSA) is 76.2 Å². The third kappa shape index (κ3) is 2.71. The van der Waals surface area contributed by atoms with E-state index in [0.29, 0.717) is 5.56 Å². The van der Waals surface area contributed by atoms with Crippen LogP contribution in [0.4, 0.5) is 4.39 Å². The Kier molecular flexibility index (Phi) is 4.15. The fraction of sp³-hybridized carbons (Fsp3) is 0.286. The molecule has 2 aromatic rings. The number of nitrogens with zero attached hydrogens (tertiary/aromatic N) is 1. The van der Waals surface area contributed by atoms with E-state index >= 15 is 0 Å². The van der Waals surface area contributed by atoms with Crippen LogP contribution in [-0.2, 0) is 16.6 Å². The first-order valence-electron chi connectivity index (χ1n) is 6.09. The molecule has 4 nitrogen and oxygen atoms in total. The molecule has 106 valence electrons. The molecule has 3 N–H and O–H groups in total. The number of halogens is 1. The molecule has 0 aliphatic heterocycles. The standard InChI is InChI=1S/C14H15FN2O2S/c1-9-17-7-12(20-9)6-14(8-16,13(18)19)10-2-4-11(15)5-3-10/h2-5,7H,6,8,16H2,1H3,(H,18,19). The lowest BCUT2D eigenvalue weighted by Crippen LogP contribution is -2.44. The van der Waals surface area contributed by atoms with Crippen molar-refractivity contribution in [2.75, 3.05) is 6.54 Å². The Hall–Kier alpha value is -1.79. The van der Waals surface area contributed by atoms with E-state index in [0.717, 1.165) is 9.88 Å². The van der Waals surface area contributed by atoms with Crippen LogP contribution in [0.1, 0.15) is 15.4 Å². The fourth-order valence-corrected chi connectivity index (χ4v) is 3.04. The monoisotopic (exact) mass is 294 g/mol. The van der Waals surface area contributed by atoms with Crippen molar-refractivity contribution in [2.45, 2.75) is 18.8 Å². The zero-order valence-corrected chi connectivity index (χ0v) is 11.8. The van der Waals surface area contributed by atoms with Crippen molar-refractivity contribution in [3.8, 4) is 0 Å². The van der Waals surface area contributed by atoms with E-state index in [9.17, 15) is 14.3 Å². The van der Waals surface area contributed by atoms with Crippen LogP contribution in [0.3, 0.4) is 0 Å². The zero-order chi connectivity index (χ0) is 14.8. The molecule has 0 aliphatic carbocycles. The molecule has 2 rings (SSSR count). The summed E-state index contributed by atoms with van der Waals surface area (Å²) in [5, 5.41) is 10.5. The number of thiazole rings is 1. The molecule has 1 heterocycles. The van der Waals surface area contributed by atoms with Crippen LogP contribution in [0, 0.1) is 12.7 Å². The summed E-state index contributed by atoms with van der Waals surface area (Å²) in [4.78, 5) is 16.7. The normalized spacial score (nSPS) is 13.9. The Morgan fingerprint density at radius 1 is 1.45 bits per heavy atom. The van der Waals surface area contributed by atoms with Crippen molar-refractivity contribution >= 4 is 17.3 Å². The first-order valence-corrected chi connectivity index (χ1v) is 6.90. The van der Waals surface area contributed by atoms with Gasteiger partial charge >= 0.3 is 5.97 Å². The molecule has 6 heteroatoms. The molecule has 0 bridgehead atoms. The maximum Gasteiger partial charge on any atom is 0.315 e. The average molecular weight is 294 g/mol. The van der Waals surface area contributed by atoms with Crippen LogP contribution in [0.2, 0.25) is 0 Å². The van der Waals surface area contributed by atoms with Crippen LogP contribution in [-0.4, -0.2) is 22.6 Å². The third-order valence-corrected chi connectivity index (χ3v) is 4.21. The van der Waals surface area contributed by atoms with E-state index in [1.165, 1.54) is 35.6 Å². The number of carboxylic acids is 1. The number of hydrogen-bond acceptors (Lipinski definition) is 4. The first kappa shape index (κ1) is 14.6. The smallest absolute Gasteiger partial charge is 0.315 e. The van der Waals surface area contributed by atoms with Crippen molar-refractivity contribution in [3.05, 3.63) is 51.7 Å². The maximum absolute atomic E-state index is 13.0. The molecule has 0 fully saturated rings. The predicted molar refractivity (Wildman–Crippen MR) is 75.3 cm³/mol. The molecule has 0 radical (unpaired) electrons. The van der Waals surface area contributed by atoms with Crippen LogP contribution >= 0.6 is 11.3 Å². The minimum absolute atomic E-state index is 0.0646. The molecule has 1 aromatic heterocycles. The van der Waals surface area contributed by atoms with E-state index < -0.39 is 17.2 Å². The average Bonchev–Trinajstić information content (AvgIpc) is 2.82. The zero-order valence-electron chi connectivity index (χ0n) is 11.0. The fourth-order valence-electron chi connectivity index (χ4n) is 2.13. The molecule has 1 aromatic carbocycles. The summed E-state index contributed by atoms with van der Waals surface area (Å²) in [6.07, 6.45) is 1.91. The molecule has 20 heavy (non-hydrogen) atoms. The van der Waals surface area contributed by atoms with Crippen LogP contribution < -0.4 is 5.73 Å². The number of benzene rings is 1. The number of aryl methyl sites for hydroxylation is 1. The van der Waals surface area contributed by atoms with E-state index in [1.54, 1.807) is 6.20 Å². The summed E-state index contributed by atoms with van der Waals surface area (Å²) in [6, 6.07) is 5.45. The lowest BCUT2D eigenvalue weighted by molar-refractivity contribution is -0.143. The number of hydrogen-bond donors (Lipinski definition) is 2. The van der Waals surface area contributed by atoms with Gasteiger partial charge in [0.05, 0.1) is 5.01 Å². The molecule has 0 spiro atoms. The van der Waals surface area contributed by atoms with Crippen LogP contribution in [0.25, 0.3) is 0 Å². The molecule has 0 amide bonds. The third-order valence-electron chi connectivity index (χ3n) is 3.30. The van der Waals surface area contributed by atoms with Gasteiger partial charge in [-0.05, 0) is 24.6 Å². The Bertz CT molecular complexity index is 612. The Morgan fingerprint density at radius 3 is 2.55 bits per heavy atom. The SMILES string of the molecule is Cc1ncc(CC(CN)(C(=O)O)c2ccc(F)cc2)s1. The second-order valence-electron chi connectivity index (χ2n) is 4.62. The number of carboxylic acid groups (broad SMARTS) is 1. The molecule has 1 atom stereocenters. The van der Waals surface area contributed by atoms with Crippen molar-refractivity contribution in [1.82, 2.24) is 4.98 Å². The van der Waals surface area contributed by atoms with Gasteiger partial charge in [0.2, 0.25) is 0 Å². The molecular weight excluding hydrogens is 279 g/mol. The van der Waals surface area contributed by atoms with Gasteiger partial charge in [-0.1, -0.05) is 12.1 Å². The van der Waals surface area contributed by atoms with E-state index in [1.807, 2.05) is 6.92 Å². The van der Waals surface area contributed by atoms with Crippen LogP contribution in [0.5, 0.6) is 0 Å². The van der Waals surface area contributed by atoms with E-state index in [2.05, 4.69) is 4.98 Å². The largest absolute Gasteiger partial charge is 0.481 e. The maximum atomic E-state index is 13.0. The number of rotatable bonds is 5. The Morgan fingerprint density at radius 2 is 2.10 bits per heavy atom. The van der Waals surface area contributed by atoms with Gasteiger partial charge in [-0.15, -0.1) is 11.3 Å². The molecule has 0 saturated carbocycles. The summed E-state index contributed by atoms with van der Waals surface area (Å²) in [7, 11) is 0. The molecule has 1 unspecified atom stereocenters. The van der Waals surface area contributed by atoms with Gasteiger partial charge in [-0.2, -0.15) is 0 Å². The molecule has 0 aliphatic rings. The Labute approximate surface area is 120 Å². The molecular formula is C14H15FN2O2S. The first-order chi connectivity index (χ1) is 9.48. The van der Waals surface area contributed by atoms with Gasteiger partial charge in [-0.25, -0.2) is 9.37 Å². The lowest BCUT2D eigenvalue weighted by Gasteiger charge is -2.28. The highest BCUT2D eigenvalue weighted by molar-refractivity contribution is 7.11. The summed E-state index contributed by atoms with van der Waals surface area (Å²) in [5.41, 5.74) is 4.99. The highest BCUT2D eigenvalue weighted by Crippen LogP contribution is 2.30. The van der Waals surface area contributed by atoms with E-state index in [4.69, 9.17) is 5.73 Å². The van der Waals surface area contributed by atoms with Gasteiger partial charge in [0, 0.05) is 24.0 Å².